The summed E-state index contributed by atoms with van der Waals surface area (Å²) >= 11 is 0. The van der Waals surface area contributed by atoms with E-state index < -0.39 is 0 Å². The fraction of sp³-hybridized carbons (Fsp3) is 0.778. The van der Waals surface area contributed by atoms with Crippen LogP contribution in [0, 0.1) is 11.8 Å². The molecule has 0 radical (unpaired) electrons. The van der Waals surface area contributed by atoms with Gasteiger partial charge >= 0.3 is 0 Å². The lowest BCUT2D eigenvalue weighted by Gasteiger charge is -2.06. The van der Waals surface area contributed by atoms with Crippen molar-refractivity contribution in [3.63, 3.8) is 0 Å². The first kappa shape index (κ1) is 7.77. The Morgan fingerprint density at radius 1 is 1.67 bits per heavy atom. The zero-order valence-corrected chi connectivity index (χ0v) is 7.36. The highest BCUT2D eigenvalue weighted by Gasteiger charge is 2.31. The molecule has 1 aliphatic carbocycles. The summed E-state index contributed by atoms with van der Waals surface area (Å²) < 4.78 is 0. The molecule has 2 rings (SSSR count). The monoisotopic (exact) mass is 166 g/mol. The third-order valence-electron chi connectivity index (χ3n) is 2.62. The molecule has 1 saturated carbocycles. The normalized spacial score (nSPS) is 35.1. The molecule has 3 heteroatoms. The molecule has 66 valence electrons. The molecule has 0 bridgehead atoms. The minimum absolute atomic E-state index is 0.180. The lowest BCUT2D eigenvalue weighted by molar-refractivity contribution is -0.127. The maximum Gasteiger partial charge on any atom is 0.242 e. The summed E-state index contributed by atoms with van der Waals surface area (Å²) in [6.45, 7) is 3.03. The van der Waals surface area contributed by atoms with Gasteiger partial charge in [-0.2, -0.15) is 5.10 Å². The highest BCUT2D eigenvalue weighted by Crippen LogP contribution is 2.35. The number of carbonyl (C=O) groups is 1. The topological polar surface area (TPSA) is 32.7 Å². The number of carbonyl (C=O) groups excluding carboxylic acids is 1. The van der Waals surface area contributed by atoms with Crippen molar-refractivity contribution >= 4 is 12.1 Å². The van der Waals surface area contributed by atoms with E-state index in [0.29, 0.717) is 12.3 Å². The summed E-state index contributed by atoms with van der Waals surface area (Å²) in [5, 5.41) is 5.78. The molecule has 0 N–H and O–H groups in total. The van der Waals surface area contributed by atoms with Crippen LogP contribution in [0.15, 0.2) is 5.10 Å². The second-order valence-electron chi connectivity index (χ2n) is 3.76. The summed E-state index contributed by atoms with van der Waals surface area (Å²) in [7, 11) is 0. The Hall–Kier alpha value is -0.860. The van der Waals surface area contributed by atoms with Gasteiger partial charge in [0, 0.05) is 19.2 Å². The van der Waals surface area contributed by atoms with E-state index in [1.165, 1.54) is 6.42 Å². The van der Waals surface area contributed by atoms with Crippen molar-refractivity contribution in [2.45, 2.75) is 26.2 Å². The van der Waals surface area contributed by atoms with Gasteiger partial charge in [0.25, 0.3) is 0 Å². The standard InChI is InChI=1S/C9H14N2O/c1-7-5-8(7)6-10-11-4-2-3-9(11)12/h6-8H,2-5H2,1H3/b10-6+. The second kappa shape index (κ2) is 2.88. The molecule has 12 heavy (non-hydrogen) atoms. The van der Waals surface area contributed by atoms with Gasteiger partial charge in [-0.3, -0.25) is 4.79 Å². The molecule has 0 aromatic carbocycles. The molecular formula is C9H14N2O. The number of amides is 1. The van der Waals surface area contributed by atoms with Crippen LogP contribution in [0.3, 0.4) is 0 Å². The number of hydrazone groups is 1. The number of rotatable bonds is 2. The molecule has 1 amide bonds. The summed E-state index contributed by atoms with van der Waals surface area (Å²) in [5.74, 6) is 1.60. The summed E-state index contributed by atoms with van der Waals surface area (Å²) in [6, 6.07) is 0. The number of nitrogens with zero attached hydrogens (tertiary/aromatic N) is 2. The van der Waals surface area contributed by atoms with Crippen molar-refractivity contribution in [1.82, 2.24) is 5.01 Å². The second-order valence-corrected chi connectivity index (χ2v) is 3.76. The zero-order valence-electron chi connectivity index (χ0n) is 7.36. The molecular weight excluding hydrogens is 152 g/mol. The van der Waals surface area contributed by atoms with Gasteiger partial charge in [-0.1, -0.05) is 6.92 Å². The molecule has 1 heterocycles. The lowest BCUT2D eigenvalue weighted by atomic mass is 10.4. The molecule has 2 atom stereocenters. The fourth-order valence-corrected chi connectivity index (χ4v) is 1.48. The Kier molecular flexibility index (Phi) is 1.87. The number of hydrogen-bond donors (Lipinski definition) is 0. The van der Waals surface area contributed by atoms with E-state index in [1.54, 1.807) is 5.01 Å². The molecule has 2 fully saturated rings. The Morgan fingerprint density at radius 3 is 2.92 bits per heavy atom. The Labute approximate surface area is 72.4 Å². The van der Waals surface area contributed by atoms with Crippen molar-refractivity contribution in [1.29, 1.82) is 0 Å². The summed E-state index contributed by atoms with van der Waals surface area (Å²) in [5.41, 5.74) is 0. The van der Waals surface area contributed by atoms with E-state index in [-0.39, 0.29) is 5.91 Å². The largest absolute Gasteiger partial charge is 0.273 e. The third kappa shape index (κ3) is 1.49. The summed E-state index contributed by atoms with van der Waals surface area (Å²) in [6.07, 6.45) is 4.83. The van der Waals surface area contributed by atoms with Gasteiger partial charge in [0.15, 0.2) is 0 Å². The Balaban J connectivity index is 1.85. The maximum absolute atomic E-state index is 11.1. The van der Waals surface area contributed by atoms with Crippen molar-refractivity contribution < 1.29 is 4.79 Å². The lowest BCUT2D eigenvalue weighted by Crippen LogP contribution is -2.18. The van der Waals surface area contributed by atoms with Crippen LogP contribution < -0.4 is 0 Å². The fourth-order valence-electron chi connectivity index (χ4n) is 1.48. The first-order valence-electron chi connectivity index (χ1n) is 4.62. The Bertz CT molecular complexity index is 225. The highest BCUT2D eigenvalue weighted by molar-refractivity contribution is 5.79. The minimum Gasteiger partial charge on any atom is -0.273 e. The number of hydrogen-bond acceptors (Lipinski definition) is 2. The van der Waals surface area contributed by atoms with Crippen LogP contribution >= 0.6 is 0 Å². The molecule has 1 aliphatic heterocycles. The summed E-state index contributed by atoms with van der Waals surface area (Å²) in [4.78, 5) is 11.1. The molecule has 1 saturated heterocycles. The van der Waals surface area contributed by atoms with E-state index in [4.69, 9.17) is 0 Å². The van der Waals surface area contributed by atoms with Crippen LogP contribution in [0.1, 0.15) is 26.2 Å². The van der Waals surface area contributed by atoms with E-state index in [0.717, 1.165) is 18.9 Å². The van der Waals surface area contributed by atoms with Crippen LogP contribution in [-0.4, -0.2) is 23.7 Å². The van der Waals surface area contributed by atoms with Crippen LogP contribution in [0.25, 0.3) is 0 Å². The first-order valence-corrected chi connectivity index (χ1v) is 4.62. The van der Waals surface area contributed by atoms with Gasteiger partial charge in [0.2, 0.25) is 5.91 Å². The van der Waals surface area contributed by atoms with Gasteiger partial charge in [-0.15, -0.1) is 0 Å². The van der Waals surface area contributed by atoms with Crippen LogP contribution in [-0.2, 0) is 4.79 Å². The van der Waals surface area contributed by atoms with E-state index in [2.05, 4.69) is 12.0 Å². The van der Waals surface area contributed by atoms with Gasteiger partial charge < -0.3 is 0 Å². The van der Waals surface area contributed by atoms with E-state index >= 15 is 0 Å². The molecule has 0 spiro atoms. The highest BCUT2D eigenvalue weighted by atomic mass is 16.2. The van der Waals surface area contributed by atoms with Crippen LogP contribution in [0.4, 0.5) is 0 Å². The maximum atomic E-state index is 11.1. The third-order valence-corrected chi connectivity index (χ3v) is 2.62. The molecule has 2 aliphatic rings. The van der Waals surface area contributed by atoms with E-state index in [9.17, 15) is 4.79 Å². The average Bonchev–Trinajstić information content (AvgIpc) is 2.57. The molecule has 3 nitrogen and oxygen atoms in total. The van der Waals surface area contributed by atoms with Crippen LogP contribution in [0.2, 0.25) is 0 Å². The van der Waals surface area contributed by atoms with Gasteiger partial charge in [0.05, 0.1) is 0 Å². The Morgan fingerprint density at radius 2 is 2.42 bits per heavy atom. The predicted octanol–water partition coefficient (Wildman–Crippen LogP) is 1.25. The minimum atomic E-state index is 0.180. The SMILES string of the molecule is CC1CC1/C=N/N1CCCC1=O. The van der Waals surface area contributed by atoms with Gasteiger partial charge in [-0.25, -0.2) is 5.01 Å². The average molecular weight is 166 g/mol. The van der Waals surface area contributed by atoms with Crippen LogP contribution in [0.5, 0.6) is 0 Å². The predicted molar refractivity (Wildman–Crippen MR) is 46.7 cm³/mol. The van der Waals surface area contributed by atoms with Crippen molar-refractivity contribution in [3.05, 3.63) is 0 Å². The van der Waals surface area contributed by atoms with E-state index in [1.807, 2.05) is 6.21 Å². The quantitative estimate of drug-likeness (QED) is 0.568. The molecule has 0 aromatic rings. The van der Waals surface area contributed by atoms with Gasteiger partial charge in [-0.05, 0) is 24.7 Å². The zero-order chi connectivity index (χ0) is 8.55. The molecule has 2 unspecified atom stereocenters. The smallest absolute Gasteiger partial charge is 0.242 e. The van der Waals surface area contributed by atoms with Crippen molar-refractivity contribution in [3.8, 4) is 0 Å². The van der Waals surface area contributed by atoms with Crippen molar-refractivity contribution in [2.75, 3.05) is 6.54 Å². The molecule has 0 aromatic heterocycles. The van der Waals surface area contributed by atoms with Gasteiger partial charge in [0.1, 0.15) is 0 Å². The first-order chi connectivity index (χ1) is 5.77. The van der Waals surface area contributed by atoms with Crippen molar-refractivity contribution in [2.24, 2.45) is 16.9 Å².